The lowest BCUT2D eigenvalue weighted by atomic mass is 9.95. The van der Waals surface area contributed by atoms with Crippen molar-refractivity contribution >= 4 is 17.6 Å². The Balaban J connectivity index is 1.78. The molecule has 3 atom stereocenters. The zero-order chi connectivity index (χ0) is 19.7. The van der Waals surface area contributed by atoms with Gasteiger partial charge in [-0.25, -0.2) is 4.68 Å². The SMILES string of the molecule is COc1ccc(OC)c(-c2csc(=NC(C)C)n2N=CC2CC3C=CC2C3)c1. The molecule has 0 saturated heterocycles. The van der Waals surface area contributed by atoms with Crippen molar-refractivity contribution in [1.29, 1.82) is 0 Å². The predicted octanol–water partition coefficient (Wildman–Crippen LogP) is 4.59. The summed E-state index contributed by atoms with van der Waals surface area (Å²) in [5.74, 6) is 3.45. The van der Waals surface area contributed by atoms with Crippen LogP contribution in [0.3, 0.4) is 0 Å². The maximum atomic E-state index is 5.61. The van der Waals surface area contributed by atoms with E-state index < -0.39 is 0 Å². The number of ether oxygens (including phenoxy) is 2. The van der Waals surface area contributed by atoms with E-state index in [1.54, 1.807) is 25.6 Å². The fourth-order valence-corrected chi connectivity index (χ4v) is 5.03. The van der Waals surface area contributed by atoms with Gasteiger partial charge < -0.3 is 9.47 Å². The Kier molecular flexibility index (Phi) is 5.40. The minimum atomic E-state index is 0.200. The van der Waals surface area contributed by atoms with Crippen LogP contribution in [0, 0.1) is 17.8 Å². The van der Waals surface area contributed by atoms with Crippen molar-refractivity contribution in [1.82, 2.24) is 4.68 Å². The summed E-state index contributed by atoms with van der Waals surface area (Å²) in [4.78, 5) is 5.67. The summed E-state index contributed by atoms with van der Waals surface area (Å²) in [6, 6.07) is 6.03. The van der Waals surface area contributed by atoms with Gasteiger partial charge in [0, 0.05) is 29.1 Å². The molecule has 3 unspecified atom stereocenters. The Morgan fingerprint density at radius 3 is 2.68 bits per heavy atom. The van der Waals surface area contributed by atoms with Crippen LogP contribution in [0.2, 0.25) is 0 Å². The van der Waals surface area contributed by atoms with E-state index in [1.807, 2.05) is 22.9 Å². The third kappa shape index (κ3) is 3.65. The highest BCUT2D eigenvalue weighted by Gasteiger charge is 2.34. The van der Waals surface area contributed by atoms with Gasteiger partial charge in [0.15, 0.2) is 0 Å². The standard InChI is InChI=1S/C22H27N3O2S/c1-14(2)24-22-25(23-12-17-10-15-5-6-16(17)9-15)20(13-28-22)19-11-18(26-3)7-8-21(19)27-4/h5-8,11-17H,9-10H2,1-4H3. The first-order valence-electron chi connectivity index (χ1n) is 9.78. The van der Waals surface area contributed by atoms with E-state index in [-0.39, 0.29) is 6.04 Å². The quantitative estimate of drug-likeness (QED) is 0.529. The van der Waals surface area contributed by atoms with Gasteiger partial charge in [-0.05, 0) is 56.7 Å². The van der Waals surface area contributed by atoms with E-state index in [1.165, 1.54) is 12.8 Å². The smallest absolute Gasteiger partial charge is 0.206 e. The van der Waals surface area contributed by atoms with Crippen LogP contribution in [-0.2, 0) is 0 Å². The van der Waals surface area contributed by atoms with Gasteiger partial charge in [-0.3, -0.25) is 4.99 Å². The van der Waals surface area contributed by atoms with E-state index >= 15 is 0 Å². The first kappa shape index (κ1) is 19.0. The van der Waals surface area contributed by atoms with E-state index in [2.05, 4.69) is 37.6 Å². The van der Waals surface area contributed by atoms with Crippen molar-refractivity contribution in [3.63, 3.8) is 0 Å². The number of aromatic nitrogens is 1. The van der Waals surface area contributed by atoms with Crippen molar-refractivity contribution in [3.8, 4) is 22.8 Å². The zero-order valence-corrected chi connectivity index (χ0v) is 17.6. The molecule has 28 heavy (non-hydrogen) atoms. The maximum Gasteiger partial charge on any atom is 0.206 e. The second-order valence-corrected chi connectivity index (χ2v) is 8.55. The van der Waals surface area contributed by atoms with Crippen molar-refractivity contribution in [2.75, 3.05) is 14.2 Å². The summed E-state index contributed by atoms with van der Waals surface area (Å²) in [5.41, 5.74) is 1.92. The van der Waals surface area contributed by atoms with Gasteiger partial charge in [-0.2, -0.15) is 5.10 Å². The number of fused-ring (bicyclic) bond motifs is 2. The van der Waals surface area contributed by atoms with Crippen LogP contribution >= 0.6 is 11.3 Å². The van der Waals surface area contributed by atoms with E-state index in [0.717, 1.165) is 33.5 Å². The molecule has 1 heterocycles. The van der Waals surface area contributed by atoms with E-state index in [4.69, 9.17) is 19.6 Å². The van der Waals surface area contributed by atoms with Crippen LogP contribution in [0.5, 0.6) is 11.5 Å². The van der Waals surface area contributed by atoms with Gasteiger partial charge in [0.1, 0.15) is 11.5 Å². The molecule has 0 N–H and O–H groups in total. The molecular weight excluding hydrogens is 370 g/mol. The third-order valence-electron chi connectivity index (χ3n) is 5.44. The van der Waals surface area contributed by atoms with E-state index in [9.17, 15) is 0 Å². The number of rotatable bonds is 6. The predicted molar refractivity (Wildman–Crippen MR) is 114 cm³/mol. The number of thiazole rings is 1. The average Bonchev–Trinajstić information content (AvgIpc) is 3.41. The number of allylic oxidation sites excluding steroid dienone is 2. The normalized spacial score (nSPS) is 24.0. The highest BCUT2D eigenvalue weighted by Crippen LogP contribution is 2.42. The Bertz CT molecular complexity index is 970. The third-order valence-corrected chi connectivity index (χ3v) is 6.27. The molecule has 4 rings (SSSR count). The van der Waals surface area contributed by atoms with Gasteiger partial charge >= 0.3 is 0 Å². The lowest BCUT2D eigenvalue weighted by molar-refractivity contribution is 0.404. The highest BCUT2D eigenvalue weighted by atomic mass is 32.1. The van der Waals surface area contributed by atoms with Crippen LogP contribution < -0.4 is 14.3 Å². The molecular formula is C22H27N3O2S. The second-order valence-electron chi connectivity index (χ2n) is 7.71. The van der Waals surface area contributed by atoms with Gasteiger partial charge in [-0.15, -0.1) is 11.3 Å². The summed E-state index contributed by atoms with van der Waals surface area (Å²) in [6.07, 6.45) is 9.30. The zero-order valence-electron chi connectivity index (χ0n) is 16.8. The van der Waals surface area contributed by atoms with E-state index in [0.29, 0.717) is 11.8 Å². The molecule has 6 heteroatoms. The topological polar surface area (TPSA) is 48.1 Å². The Labute approximate surface area is 170 Å². The molecule has 0 aliphatic heterocycles. The molecule has 1 saturated carbocycles. The van der Waals surface area contributed by atoms with Crippen molar-refractivity contribution in [2.24, 2.45) is 27.8 Å². The fraction of sp³-hybridized carbons (Fsp3) is 0.455. The summed E-state index contributed by atoms with van der Waals surface area (Å²) in [6.45, 7) is 4.17. The molecule has 2 aliphatic carbocycles. The lowest BCUT2D eigenvalue weighted by Gasteiger charge is -2.14. The van der Waals surface area contributed by atoms with Gasteiger partial charge in [0.05, 0.1) is 19.9 Å². The van der Waals surface area contributed by atoms with Crippen LogP contribution in [0.1, 0.15) is 26.7 Å². The molecule has 0 radical (unpaired) electrons. The number of benzene rings is 1. The number of nitrogens with zero attached hydrogens (tertiary/aromatic N) is 3. The highest BCUT2D eigenvalue weighted by molar-refractivity contribution is 7.07. The first-order chi connectivity index (χ1) is 13.6. The van der Waals surface area contributed by atoms with Crippen molar-refractivity contribution < 1.29 is 9.47 Å². The van der Waals surface area contributed by atoms with Crippen molar-refractivity contribution in [3.05, 3.63) is 40.5 Å². The number of methoxy groups -OCH3 is 2. The lowest BCUT2D eigenvalue weighted by Crippen LogP contribution is -2.16. The molecule has 1 aromatic heterocycles. The van der Waals surface area contributed by atoms with Crippen LogP contribution in [-0.4, -0.2) is 31.2 Å². The van der Waals surface area contributed by atoms with Crippen LogP contribution in [0.25, 0.3) is 11.3 Å². The Morgan fingerprint density at radius 2 is 2.04 bits per heavy atom. The number of hydrogen-bond acceptors (Lipinski definition) is 5. The summed E-state index contributed by atoms with van der Waals surface area (Å²) in [5, 5.41) is 7.00. The molecule has 0 amide bonds. The largest absolute Gasteiger partial charge is 0.497 e. The van der Waals surface area contributed by atoms with Gasteiger partial charge in [0.25, 0.3) is 0 Å². The fourth-order valence-electron chi connectivity index (χ4n) is 4.07. The molecule has 148 valence electrons. The number of hydrogen-bond donors (Lipinski definition) is 0. The molecule has 1 aromatic carbocycles. The molecule has 2 aromatic rings. The van der Waals surface area contributed by atoms with Gasteiger partial charge in [0.2, 0.25) is 4.80 Å². The van der Waals surface area contributed by atoms with Crippen molar-refractivity contribution in [2.45, 2.75) is 32.7 Å². The molecule has 0 spiro atoms. The first-order valence-corrected chi connectivity index (χ1v) is 10.7. The molecule has 2 aliphatic rings. The van der Waals surface area contributed by atoms with Gasteiger partial charge in [-0.1, -0.05) is 12.2 Å². The van der Waals surface area contributed by atoms with Crippen LogP contribution in [0.15, 0.2) is 45.8 Å². The average molecular weight is 398 g/mol. The molecule has 2 bridgehead atoms. The summed E-state index contributed by atoms with van der Waals surface area (Å²) in [7, 11) is 3.36. The van der Waals surface area contributed by atoms with Crippen LogP contribution in [0.4, 0.5) is 0 Å². The Hall–Kier alpha value is -2.34. The molecule has 5 nitrogen and oxygen atoms in total. The minimum absolute atomic E-state index is 0.200. The monoisotopic (exact) mass is 397 g/mol. The second kappa shape index (κ2) is 7.95. The molecule has 1 fully saturated rings. The minimum Gasteiger partial charge on any atom is -0.497 e. The maximum absolute atomic E-state index is 5.61. The Morgan fingerprint density at radius 1 is 1.18 bits per heavy atom. The summed E-state index contributed by atoms with van der Waals surface area (Å²) < 4.78 is 13.0. The summed E-state index contributed by atoms with van der Waals surface area (Å²) >= 11 is 1.60.